The molecule has 2 fully saturated rings. The Morgan fingerprint density at radius 1 is 1.30 bits per heavy atom. The van der Waals surface area contributed by atoms with Crippen molar-refractivity contribution in [1.29, 1.82) is 0 Å². The maximum absolute atomic E-state index is 6.08. The highest BCUT2D eigenvalue weighted by Crippen LogP contribution is 2.47. The van der Waals surface area contributed by atoms with Crippen LogP contribution in [-0.2, 0) is 19.6 Å². The normalized spacial score (nSPS) is 23.6. The van der Waals surface area contributed by atoms with Gasteiger partial charge in [0, 0.05) is 18.5 Å². The SMILES string of the molecule is CCCn1nnnc1CN(Cc1ccc([C@H]2C[C@H]2C)o1)C1CC1. The molecule has 0 amide bonds. The summed E-state index contributed by atoms with van der Waals surface area (Å²) in [6.07, 6.45) is 4.85. The number of nitrogens with zero attached hydrogens (tertiary/aromatic N) is 5. The fourth-order valence-corrected chi connectivity index (χ4v) is 3.25. The summed E-state index contributed by atoms with van der Waals surface area (Å²) in [5.74, 6) is 4.63. The molecule has 2 atom stereocenters. The number of aromatic nitrogens is 4. The van der Waals surface area contributed by atoms with E-state index >= 15 is 0 Å². The summed E-state index contributed by atoms with van der Waals surface area (Å²) in [6.45, 7) is 6.97. The molecule has 23 heavy (non-hydrogen) atoms. The Hall–Kier alpha value is -1.69. The van der Waals surface area contributed by atoms with Crippen LogP contribution in [0.1, 0.15) is 62.8 Å². The zero-order valence-corrected chi connectivity index (χ0v) is 14.0. The van der Waals surface area contributed by atoms with E-state index in [4.69, 9.17) is 4.42 Å². The first kappa shape index (κ1) is 14.9. The molecular weight excluding hydrogens is 290 g/mol. The van der Waals surface area contributed by atoms with Gasteiger partial charge < -0.3 is 4.42 Å². The van der Waals surface area contributed by atoms with Crippen LogP contribution in [0.5, 0.6) is 0 Å². The number of tetrazole rings is 1. The Morgan fingerprint density at radius 3 is 2.83 bits per heavy atom. The molecule has 0 saturated heterocycles. The van der Waals surface area contributed by atoms with Crippen LogP contribution >= 0.6 is 0 Å². The Labute approximate surface area is 136 Å². The Kier molecular flexibility index (Phi) is 3.93. The van der Waals surface area contributed by atoms with Crippen molar-refractivity contribution in [2.75, 3.05) is 0 Å². The summed E-state index contributed by atoms with van der Waals surface area (Å²) in [5, 5.41) is 12.1. The Balaban J connectivity index is 1.43. The van der Waals surface area contributed by atoms with E-state index in [0.717, 1.165) is 43.6 Å². The molecule has 6 heteroatoms. The van der Waals surface area contributed by atoms with Crippen LogP contribution in [0, 0.1) is 5.92 Å². The van der Waals surface area contributed by atoms with E-state index in [1.165, 1.54) is 25.0 Å². The molecule has 2 saturated carbocycles. The molecule has 2 heterocycles. The van der Waals surface area contributed by atoms with Crippen LogP contribution < -0.4 is 0 Å². The molecule has 0 radical (unpaired) electrons. The van der Waals surface area contributed by atoms with E-state index in [2.05, 4.69) is 46.4 Å². The van der Waals surface area contributed by atoms with Gasteiger partial charge in [0.2, 0.25) is 0 Å². The lowest BCUT2D eigenvalue weighted by Gasteiger charge is -2.20. The van der Waals surface area contributed by atoms with Gasteiger partial charge in [-0.15, -0.1) is 5.10 Å². The standard InChI is InChI=1S/C17H25N5O/c1-3-8-22-17(18-19-20-22)11-21(13-4-5-13)10-14-6-7-16(23-14)15-9-12(15)2/h6-7,12-13,15H,3-5,8-11H2,1-2H3/t12-,15+/m1/s1. The molecule has 2 aliphatic carbocycles. The van der Waals surface area contributed by atoms with Gasteiger partial charge >= 0.3 is 0 Å². The largest absolute Gasteiger partial charge is 0.464 e. The van der Waals surface area contributed by atoms with E-state index in [0.29, 0.717) is 12.0 Å². The highest BCUT2D eigenvalue weighted by molar-refractivity contribution is 5.17. The molecule has 2 aromatic rings. The molecule has 0 spiro atoms. The lowest BCUT2D eigenvalue weighted by Crippen LogP contribution is -2.27. The minimum atomic E-state index is 0.648. The number of furan rings is 1. The van der Waals surface area contributed by atoms with Crippen molar-refractivity contribution in [3.8, 4) is 0 Å². The highest BCUT2D eigenvalue weighted by Gasteiger charge is 2.37. The number of aryl methyl sites for hydroxylation is 1. The van der Waals surface area contributed by atoms with Crippen LogP contribution in [0.15, 0.2) is 16.5 Å². The van der Waals surface area contributed by atoms with E-state index in [9.17, 15) is 0 Å². The van der Waals surface area contributed by atoms with Crippen molar-refractivity contribution in [3.63, 3.8) is 0 Å². The van der Waals surface area contributed by atoms with Crippen molar-refractivity contribution < 1.29 is 4.42 Å². The second kappa shape index (κ2) is 6.07. The first-order valence-corrected chi connectivity index (χ1v) is 8.82. The summed E-state index contributed by atoms with van der Waals surface area (Å²) >= 11 is 0. The van der Waals surface area contributed by atoms with Gasteiger partial charge in [-0.05, 0) is 54.2 Å². The molecule has 0 bridgehead atoms. The van der Waals surface area contributed by atoms with Gasteiger partial charge in [0.05, 0.1) is 13.1 Å². The molecule has 2 aromatic heterocycles. The molecular formula is C17H25N5O. The van der Waals surface area contributed by atoms with Gasteiger partial charge in [-0.25, -0.2) is 4.68 Å². The minimum absolute atomic E-state index is 0.648. The van der Waals surface area contributed by atoms with Gasteiger partial charge in [0.25, 0.3) is 0 Å². The third kappa shape index (κ3) is 3.32. The summed E-state index contributed by atoms with van der Waals surface area (Å²) < 4.78 is 8.01. The molecule has 4 rings (SSSR count). The molecule has 0 unspecified atom stereocenters. The summed E-state index contributed by atoms with van der Waals surface area (Å²) in [6, 6.07) is 4.95. The summed E-state index contributed by atoms with van der Waals surface area (Å²) in [4.78, 5) is 2.46. The van der Waals surface area contributed by atoms with Crippen LogP contribution in [0.2, 0.25) is 0 Å². The third-order valence-electron chi connectivity index (χ3n) is 4.97. The van der Waals surface area contributed by atoms with Crippen molar-refractivity contribution in [1.82, 2.24) is 25.1 Å². The molecule has 0 aromatic carbocycles. The van der Waals surface area contributed by atoms with Crippen molar-refractivity contribution in [2.45, 2.75) is 71.1 Å². The van der Waals surface area contributed by atoms with Crippen LogP contribution in [0.3, 0.4) is 0 Å². The van der Waals surface area contributed by atoms with Gasteiger partial charge in [0.15, 0.2) is 5.82 Å². The second-order valence-electron chi connectivity index (χ2n) is 7.08. The fourth-order valence-electron chi connectivity index (χ4n) is 3.25. The zero-order valence-electron chi connectivity index (χ0n) is 14.0. The average molecular weight is 315 g/mol. The first-order valence-electron chi connectivity index (χ1n) is 8.82. The lowest BCUT2D eigenvalue weighted by atomic mass is 10.3. The average Bonchev–Trinajstić information content (AvgIpc) is 3.42. The number of hydrogen-bond acceptors (Lipinski definition) is 5. The number of hydrogen-bond donors (Lipinski definition) is 0. The maximum atomic E-state index is 6.08. The Bertz CT molecular complexity index is 659. The van der Waals surface area contributed by atoms with E-state index in [-0.39, 0.29) is 0 Å². The quantitative estimate of drug-likeness (QED) is 0.749. The fraction of sp³-hybridized carbons (Fsp3) is 0.706. The predicted octanol–water partition coefficient (Wildman–Crippen LogP) is 2.96. The number of rotatable bonds is 8. The monoisotopic (exact) mass is 315 g/mol. The predicted molar refractivity (Wildman–Crippen MR) is 85.6 cm³/mol. The van der Waals surface area contributed by atoms with Crippen molar-refractivity contribution in [3.05, 3.63) is 29.5 Å². The smallest absolute Gasteiger partial charge is 0.165 e. The molecule has 2 aliphatic rings. The zero-order chi connectivity index (χ0) is 15.8. The minimum Gasteiger partial charge on any atom is -0.464 e. The van der Waals surface area contributed by atoms with Gasteiger partial charge in [-0.3, -0.25) is 4.90 Å². The highest BCUT2D eigenvalue weighted by atomic mass is 16.3. The maximum Gasteiger partial charge on any atom is 0.165 e. The molecule has 0 N–H and O–H groups in total. The molecule has 0 aliphatic heterocycles. The van der Waals surface area contributed by atoms with Crippen molar-refractivity contribution >= 4 is 0 Å². The second-order valence-corrected chi connectivity index (χ2v) is 7.08. The summed E-state index contributed by atoms with van der Waals surface area (Å²) in [5.41, 5.74) is 0. The molecule has 6 nitrogen and oxygen atoms in total. The lowest BCUT2D eigenvalue weighted by molar-refractivity contribution is 0.213. The van der Waals surface area contributed by atoms with E-state index in [1.807, 2.05) is 4.68 Å². The van der Waals surface area contributed by atoms with Crippen LogP contribution in [0.4, 0.5) is 0 Å². The Morgan fingerprint density at radius 2 is 2.13 bits per heavy atom. The van der Waals surface area contributed by atoms with E-state index < -0.39 is 0 Å². The van der Waals surface area contributed by atoms with Crippen LogP contribution in [0.25, 0.3) is 0 Å². The molecule has 124 valence electrons. The third-order valence-corrected chi connectivity index (χ3v) is 4.97. The van der Waals surface area contributed by atoms with E-state index in [1.54, 1.807) is 0 Å². The van der Waals surface area contributed by atoms with Crippen LogP contribution in [-0.4, -0.2) is 31.1 Å². The van der Waals surface area contributed by atoms with Gasteiger partial charge in [0.1, 0.15) is 11.5 Å². The van der Waals surface area contributed by atoms with Gasteiger partial charge in [-0.2, -0.15) is 0 Å². The van der Waals surface area contributed by atoms with Gasteiger partial charge in [-0.1, -0.05) is 13.8 Å². The van der Waals surface area contributed by atoms with Crippen molar-refractivity contribution in [2.24, 2.45) is 5.92 Å². The topological polar surface area (TPSA) is 60.0 Å². The first-order chi connectivity index (χ1) is 11.2. The summed E-state index contributed by atoms with van der Waals surface area (Å²) in [7, 11) is 0.